The minimum Gasteiger partial charge on any atom is -0.460 e. The van der Waals surface area contributed by atoms with Gasteiger partial charge in [-0.1, -0.05) is 91.0 Å². The molecular formula is C36H48O8. The normalized spacial score (nSPS) is 11.9. The lowest BCUT2D eigenvalue weighted by molar-refractivity contribution is -0.156. The predicted octanol–water partition coefficient (Wildman–Crippen LogP) is 5.81. The third-order valence-electron chi connectivity index (χ3n) is 6.45. The van der Waals surface area contributed by atoms with Gasteiger partial charge in [-0.05, 0) is 37.5 Å². The first-order chi connectivity index (χ1) is 21.4. The summed E-state index contributed by atoms with van der Waals surface area (Å²) >= 11 is 0. The highest BCUT2D eigenvalue weighted by atomic mass is 16.6. The zero-order valence-corrected chi connectivity index (χ0v) is 26.4. The van der Waals surface area contributed by atoms with Gasteiger partial charge in [-0.2, -0.15) is 0 Å². The summed E-state index contributed by atoms with van der Waals surface area (Å²) in [6.45, 7) is 10.4. The Bertz CT molecular complexity index is 1050. The second-order valence-corrected chi connectivity index (χ2v) is 11.0. The molecule has 0 aliphatic rings. The molecule has 0 spiro atoms. The van der Waals surface area contributed by atoms with E-state index >= 15 is 0 Å². The van der Waals surface area contributed by atoms with Crippen molar-refractivity contribution in [2.24, 2.45) is 0 Å². The van der Waals surface area contributed by atoms with Gasteiger partial charge in [0.25, 0.3) is 0 Å². The summed E-state index contributed by atoms with van der Waals surface area (Å²) in [7, 11) is 0. The maximum Gasteiger partial charge on any atom is 0.308 e. The van der Waals surface area contributed by atoms with E-state index in [2.05, 4.69) is 36.4 Å². The van der Waals surface area contributed by atoms with E-state index in [0.29, 0.717) is 72.7 Å². The van der Waals surface area contributed by atoms with E-state index in [0.717, 1.165) is 16.7 Å². The van der Waals surface area contributed by atoms with Gasteiger partial charge in [0, 0.05) is 0 Å². The highest BCUT2D eigenvalue weighted by Gasteiger charge is 2.37. The molecule has 8 heteroatoms. The van der Waals surface area contributed by atoms with E-state index in [-0.39, 0.29) is 12.4 Å². The van der Waals surface area contributed by atoms with Crippen LogP contribution in [0.2, 0.25) is 0 Å². The zero-order valence-electron chi connectivity index (χ0n) is 26.4. The Kier molecular flexibility index (Phi) is 16.1. The monoisotopic (exact) mass is 608 g/mol. The van der Waals surface area contributed by atoms with Crippen LogP contribution < -0.4 is 0 Å². The van der Waals surface area contributed by atoms with Gasteiger partial charge in [-0.3, -0.25) is 4.79 Å². The fraction of sp³-hybridized carbons (Fsp3) is 0.472. The molecule has 0 atom stereocenters. The van der Waals surface area contributed by atoms with Crippen molar-refractivity contribution < 1.29 is 38.0 Å². The number of rotatable bonds is 22. The van der Waals surface area contributed by atoms with Crippen LogP contribution in [0.15, 0.2) is 91.0 Å². The minimum absolute atomic E-state index is 0.233. The Balaban J connectivity index is 1.25. The van der Waals surface area contributed by atoms with Gasteiger partial charge in [0.2, 0.25) is 0 Å². The summed E-state index contributed by atoms with van der Waals surface area (Å²) in [5.41, 5.74) is 1.97. The fourth-order valence-electron chi connectivity index (χ4n) is 4.55. The van der Waals surface area contributed by atoms with E-state index < -0.39 is 11.2 Å². The third-order valence-corrected chi connectivity index (χ3v) is 6.45. The average Bonchev–Trinajstić information content (AvgIpc) is 3.03. The Labute approximate surface area is 262 Å². The van der Waals surface area contributed by atoms with Crippen LogP contribution in [0.4, 0.5) is 0 Å². The van der Waals surface area contributed by atoms with E-state index in [1.54, 1.807) is 0 Å². The van der Waals surface area contributed by atoms with Crippen molar-refractivity contribution in [2.75, 3.05) is 72.7 Å². The molecule has 0 radical (unpaired) electrons. The van der Waals surface area contributed by atoms with Gasteiger partial charge >= 0.3 is 5.97 Å². The van der Waals surface area contributed by atoms with Crippen LogP contribution in [0.1, 0.15) is 43.9 Å². The van der Waals surface area contributed by atoms with Crippen LogP contribution in [0.3, 0.4) is 0 Å². The van der Waals surface area contributed by atoms with Crippen LogP contribution in [0, 0.1) is 0 Å². The molecule has 0 N–H and O–H groups in total. The van der Waals surface area contributed by atoms with E-state index in [4.69, 9.17) is 33.2 Å². The zero-order chi connectivity index (χ0) is 31.4. The largest absolute Gasteiger partial charge is 0.460 e. The molecule has 0 unspecified atom stereocenters. The standard InChI is InChI=1S/C36H48O8/c1-35(2,3)44-34(37)19-20-38-21-22-39-23-24-40-25-26-41-27-28-42-29-30-43-36(31-13-7-4-8-14-31,32-15-9-5-10-16-32)33-17-11-6-12-18-33/h4-18H,19-30H2,1-3H3. The molecule has 3 rings (SSSR count). The summed E-state index contributed by atoms with van der Waals surface area (Å²) in [5, 5.41) is 0. The van der Waals surface area contributed by atoms with Gasteiger partial charge in [0.1, 0.15) is 11.2 Å². The van der Waals surface area contributed by atoms with Gasteiger partial charge < -0.3 is 33.2 Å². The van der Waals surface area contributed by atoms with Gasteiger partial charge in [-0.15, -0.1) is 0 Å². The Morgan fingerprint density at radius 2 is 0.795 bits per heavy atom. The first-order valence-electron chi connectivity index (χ1n) is 15.3. The van der Waals surface area contributed by atoms with Crippen molar-refractivity contribution in [3.05, 3.63) is 108 Å². The molecule has 8 nitrogen and oxygen atoms in total. The first kappa shape index (κ1) is 35.4. The van der Waals surface area contributed by atoms with Crippen molar-refractivity contribution in [3.8, 4) is 0 Å². The van der Waals surface area contributed by atoms with Crippen molar-refractivity contribution in [1.29, 1.82) is 0 Å². The quantitative estimate of drug-likeness (QED) is 0.0803. The highest BCUT2D eigenvalue weighted by molar-refractivity contribution is 5.69. The summed E-state index contributed by atoms with van der Waals surface area (Å²) in [4.78, 5) is 11.6. The van der Waals surface area contributed by atoms with Crippen molar-refractivity contribution in [2.45, 2.75) is 38.4 Å². The van der Waals surface area contributed by atoms with Crippen LogP contribution >= 0.6 is 0 Å². The van der Waals surface area contributed by atoms with Gasteiger partial charge in [0.15, 0.2) is 0 Å². The van der Waals surface area contributed by atoms with Crippen LogP contribution in [-0.4, -0.2) is 84.2 Å². The summed E-state index contributed by atoms with van der Waals surface area (Å²) in [6, 6.07) is 30.9. The predicted molar refractivity (Wildman–Crippen MR) is 170 cm³/mol. The lowest BCUT2D eigenvalue weighted by atomic mass is 9.80. The lowest BCUT2D eigenvalue weighted by Crippen LogP contribution is -2.34. The van der Waals surface area contributed by atoms with Crippen molar-refractivity contribution >= 4 is 5.97 Å². The van der Waals surface area contributed by atoms with E-state index in [9.17, 15) is 4.79 Å². The van der Waals surface area contributed by atoms with Gasteiger partial charge in [-0.25, -0.2) is 0 Å². The second-order valence-electron chi connectivity index (χ2n) is 11.0. The number of esters is 1. The lowest BCUT2D eigenvalue weighted by Gasteiger charge is -2.36. The van der Waals surface area contributed by atoms with Crippen LogP contribution in [-0.2, 0) is 43.6 Å². The summed E-state index contributed by atoms with van der Waals surface area (Å²) in [6.07, 6.45) is 0.233. The number of ether oxygens (including phenoxy) is 7. The molecule has 0 saturated heterocycles. The molecule has 0 aliphatic heterocycles. The topological polar surface area (TPSA) is 81.7 Å². The molecule has 240 valence electrons. The third kappa shape index (κ3) is 12.9. The smallest absolute Gasteiger partial charge is 0.308 e. The number of hydrogen-bond donors (Lipinski definition) is 0. The van der Waals surface area contributed by atoms with Gasteiger partial charge in [0.05, 0.1) is 79.1 Å². The van der Waals surface area contributed by atoms with Crippen molar-refractivity contribution in [3.63, 3.8) is 0 Å². The molecule has 44 heavy (non-hydrogen) atoms. The highest BCUT2D eigenvalue weighted by Crippen LogP contribution is 2.40. The number of hydrogen-bond acceptors (Lipinski definition) is 8. The molecular weight excluding hydrogens is 560 g/mol. The molecule has 0 heterocycles. The molecule has 0 amide bonds. The molecule has 3 aromatic carbocycles. The Morgan fingerprint density at radius 1 is 0.477 bits per heavy atom. The minimum atomic E-state index is -0.751. The summed E-state index contributed by atoms with van der Waals surface area (Å²) in [5.74, 6) is -0.262. The van der Waals surface area contributed by atoms with Crippen LogP contribution in [0.5, 0.6) is 0 Å². The Morgan fingerprint density at radius 3 is 1.14 bits per heavy atom. The first-order valence-corrected chi connectivity index (χ1v) is 15.3. The van der Waals surface area contributed by atoms with E-state index in [1.807, 2.05) is 75.4 Å². The number of carbonyl (C=O) groups excluding carboxylic acids is 1. The number of benzene rings is 3. The fourth-order valence-corrected chi connectivity index (χ4v) is 4.55. The van der Waals surface area contributed by atoms with E-state index in [1.165, 1.54) is 0 Å². The Hall–Kier alpha value is -3.11. The van der Waals surface area contributed by atoms with Crippen LogP contribution in [0.25, 0.3) is 0 Å². The molecule has 0 bridgehead atoms. The molecule has 0 saturated carbocycles. The maximum absolute atomic E-state index is 11.6. The average molecular weight is 609 g/mol. The van der Waals surface area contributed by atoms with Crippen molar-refractivity contribution in [1.82, 2.24) is 0 Å². The molecule has 0 aromatic heterocycles. The number of carbonyl (C=O) groups is 1. The maximum atomic E-state index is 11.6. The second kappa shape index (κ2) is 20.0. The molecule has 0 fully saturated rings. The molecule has 0 aliphatic carbocycles. The molecule has 3 aromatic rings. The summed E-state index contributed by atoms with van der Waals surface area (Å²) < 4.78 is 39.8. The SMILES string of the molecule is CC(C)(C)OC(=O)CCOCCOCCOCCOCCOCCOC(c1ccccc1)(c1ccccc1)c1ccccc1.